The molecule has 25 heavy (non-hydrogen) atoms. The Kier molecular flexibility index (Phi) is 3.61. The number of carbonyl (C=O) groups excluding carboxylic acids is 1. The Balaban J connectivity index is 1.37. The third kappa shape index (κ3) is 2.22. The Hall–Kier alpha value is -0.610. The molecule has 0 amide bonds. The number of fused-ring (bicyclic) bond motifs is 2. The molecule has 5 fully saturated rings. The monoisotopic (exact) mass is 347 g/mol. The first kappa shape index (κ1) is 16.6. The largest absolute Gasteiger partial charge is 0.462 e. The minimum absolute atomic E-state index is 0.0291. The summed E-state index contributed by atoms with van der Waals surface area (Å²) in [6.07, 6.45) is 7.66. The van der Waals surface area contributed by atoms with E-state index in [1.165, 1.54) is 32.1 Å². The fraction of sp³-hybridized carbons (Fsp3) is 0.952. The molecule has 0 aromatic rings. The Morgan fingerprint density at radius 3 is 2.72 bits per heavy atom. The number of epoxide rings is 1. The van der Waals surface area contributed by atoms with Crippen molar-refractivity contribution in [2.75, 3.05) is 19.6 Å². The zero-order valence-electron chi connectivity index (χ0n) is 16.0. The van der Waals surface area contributed by atoms with Crippen LogP contribution in [0.25, 0.3) is 0 Å². The van der Waals surface area contributed by atoms with Crippen LogP contribution < -0.4 is 0 Å². The lowest BCUT2D eigenvalue weighted by molar-refractivity contribution is -0.146. The van der Waals surface area contributed by atoms with Gasteiger partial charge in [0.2, 0.25) is 0 Å². The number of esters is 1. The highest BCUT2D eigenvalue weighted by molar-refractivity contribution is 5.76. The predicted octanol–water partition coefficient (Wildman–Crippen LogP) is 3.24. The van der Waals surface area contributed by atoms with Crippen LogP contribution in [0.5, 0.6) is 0 Å². The Morgan fingerprint density at radius 1 is 1.20 bits per heavy atom. The van der Waals surface area contributed by atoms with Gasteiger partial charge in [0, 0.05) is 17.9 Å². The predicted molar refractivity (Wildman–Crippen MR) is 95.0 cm³/mol. The zero-order chi connectivity index (χ0) is 17.4. The summed E-state index contributed by atoms with van der Waals surface area (Å²) in [6.45, 7) is 10.3. The highest BCUT2D eigenvalue weighted by Crippen LogP contribution is 2.70. The van der Waals surface area contributed by atoms with E-state index in [1.807, 2.05) is 0 Å². The van der Waals surface area contributed by atoms with E-state index in [9.17, 15) is 4.79 Å². The highest BCUT2D eigenvalue weighted by Gasteiger charge is 2.78. The van der Waals surface area contributed by atoms with Gasteiger partial charge in [-0.1, -0.05) is 27.2 Å². The summed E-state index contributed by atoms with van der Waals surface area (Å²) in [4.78, 5) is 15.2. The molecule has 3 aliphatic heterocycles. The van der Waals surface area contributed by atoms with E-state index in [0.717, 1.165) is 32.0 Å². The Bertz CT molecular complexity index is 571. The van der Waals surface area contributed by atoms with Gasteiger partial charge in [-0.15, -0.1) is 0 Å². The summed E-state index contributed by atoms with van der Waals surface area (Å²) in [5.41, 5.74) is 0.237. The van der Waals surface area contributed by atoms with Crippen molar-refractivity contribution in [3.63, 3.8) is 0 Å². The molecule has 7 atom stereocenters. The van der Waals surface area contributed by atoms with Crippen LogP contribution >= 0.6 is 0 Å². The highest BCUT2D eigenvalue weighted by atomic mass is 16.6. The van der Waals surface area contributed by atoms with Gasteiger partial charge >= 0.3 is 5.97 Å². The van der Waals surface area contributed by atoms with E-state index >= 15 is 0 Å². The molecule has 3 saturated heterocycles. The number of ether oxygens (including phenoxy) is 2. The first-order valence-electron chi connectivity index (χ1n) is 10.6. The maximum atomic E-state index is 12.7. The lowest BCUT2D eigenvalue weighted by atomic mass is 9.53. The standard InChI is InChI=1S/C21H33NO3/c1-13-6-9-22(10-7-13)12-15-17-16(24-19(15)23)11-20(3)8-4-5-14(2)21(20)18(17)25-21/h13-18H,4-12H2,1-3H3. The van der Waals surface area contributed by atoms with Crippen LogP contribution in [0.2, 0.25) is 0 Å². The fourth-order valence-electron chi connectivity index (χ4n) is 6.97. The summed E-state index contributed by atoms with van der Waals surface area (Å²) in [7, 11) is 0. The fourth-order valence-corrected chi connectivity index (χ4v) is 6.97. The minimum Gasteiger partial charge on any atom is -0.462 e. The van der Waals surface area contributed by atoms with E-state index < -0.39 is 0 Å². The van der Waals surface area contributed by atoms with E-state index in [1.54, 1.807) is 0 Å². The zero-order valence-corrected chi connectivity index (χ0v) is 16.0. The number of hydrogen-bond acceptors (Lipinski definition) is 4. The molecule has 4 heteroatoms. The molecule has 7 unspecified atom stereocenters. The van der Waals surface area contributed by atoms with Crippen molar-refractivity contribution in [2.24, 2.45) is 29.1 Å². The van der Waals surface area contributed by atoms with Crippen molar-refractivity contribution in [1.29, 1.82) is 0 Å². The summed E-state index contributed by atoms with van der Waals surface area (Å²) in [5, 5.41) is 0. The van der Waals surface area contributed by atoms with Gasteiger partial charge in [-0.2, -0.15) is 0 Å². The average Bonchev–Trinajstić information content (AvgIpc) is 3.25. The molecule has 5 rings (SSSR count). The lowest BCUT2D eigenvalue weighted by Gasteiger charge is -2.49. The van der Waals surface area contributed by atoms with Gasteiger partial charge in [-0.25, -0.2) is 0 Å². The minimum atomic E-state index is 0.0291. The molecule has 3 heterocycles. The molecule has 140 valence electrons. The van der Waals surface area contributed by atoms with Gasteiger partial charge in [-0.3, -0.25) is 4.79 Å². The first-order valence-corrected chi connectivity index (χ1v) is 10.6. The van der Waals surface area contributed by atoms with E-state index in [4.69, 9.17) is 9.47 Å². The Morgan fingerprint density at radius 2 is 1.96 bits per heavy atom. The quantitative estimate of drug-likeness (QED) is 0.568. The van der Waals surface area contributed by atoms with Crippen LogP contribution in [-0.4, -0.2) is 48.3 Å². The van der Waals surface area contributed by atoms with Crippen molar-refractivity contribution in [3.8, 4) is 0 Å². The third-order valence-electron chi connectivity index (χ3n) is 8.53. The molecule has 0 bridgehead atoms. The molecule has 0 aromatic heterocycles. The second kappa shape index (κ2) is 5.45. The van der Waals surface area contributed by atoms with Crippen molar-refractivity contribution < 1.29 is 14.3 Å². The average molecular weight is 347 g/mol. The van der Waals surface area contributed by atoms with Crippen LogP contribution in [0.4, 0.5) is 0 Å². The van der Waals surface area contributed by atoms with E-state index in [0.29, 0.717) is 11.8 Å². The summed E-state index contributed by atoms with van der Waals surface area (Å²) >= 11 is 0. The van der Waals surface area contributed by atoms with Gasteiger partial charge < -0.3 is 14.4 Å². The van der Waals surface area contributed by atoms with Crippen LogP contribution in [0.1, 0.15) is 59.3 Å². The maximum Gasteiger partial charge on any atom is 0.311 e. The third-order valence-corrected chi connectivity index (χ3v) is 8.53. The SMILES string of the molecule is CC1CCN(CC2C(=O)OC3CC4(C)CCCC(C)C45OC5C32)CC1. The van der Waals surface area contributed by atoms with Gasteiger partial charge in [0.15, 0.2) is 0 Å². The van der Waals surface area contributed by atoms with Crippen LogP contribution in [-0.2, 0) is 14.3 Å². The van der Waals surface area contributed by atoms with E-state index in [-0.39, 0.29) is 35.1 Å². The van der Waals surface area contributed by atoms with Crippen LogP contribution in [0.3, 0.4) is 0 Å². The molecule has 4 nitrogen and oxygen atoms in total. The van der Waals surface area contributed by atoms with Crippen molar-refractivity contribution >= 4 is 5.97 Å². The summed E-state index contributed by atoms with van der Waals surface area (Å²) in [5.74, 6) is 1.81. The molecule has 2 saturated carbocycles. The van der Waals surface area contributed by atoms with E-state index in [2.05, 4.69) is 25.7 Å². The van der Waals surface area contributed by atoms with Crippen molar-refractivity contribution in [1.82, 2.24) is 4.90 Å². The molecule has 0 aromatic carbocycles. The second-order valence-corrected chi connectivity index (χ2v) is 10.0. The topological polar surface area (TPSA) is 42.1 Å². The second-order valence-electron chi connectivity index (χ2n) is 10.0. The first-order chi connectivity index (χ1) is 11.9. The van der Waals surface area contributed by atoms with Gasteiger partial charge in [-0.05, 0) is 57.0 Å². The summed E-state index contributed by atoms with van der Waals surface area (Å²) in [6, 6.07) is 0. The molecular formula is C21H33NO3. The molecule has 2 aliphatic carbocycles. The number of hydrogen-bond donors (Lipinski definition) is 0. The normalized spacial score (nSPS) is 52.9. The number of likely N-dealkylation sites (tertiary alicyclic amines) is 1. The summed E-state index contributed by atoms with van der Waals surface area (Å²) < 4.78 is 12.5. The number of nitrogens with zero attached hydrogens (tertiary/aromatic N) is 1. The number of carbonyl (C=O) groups is 1. The molecule has 0 radical (unpaired) electrons. The van der Waals surface area contributed by atoms with Crippen LogP contribution in [0.15, 0.2) is 0 Å². The van der Waals surface area contributed by atoms with Crippen molar-refractivity contribution in [2.45, 2.75) is 77.1 Å². The van der Waals surface area contributed by atoms with Gasteiger partial charge in [0.1, 0.15) is 11.7 Å². The van der Waals surface area contributed by atoms with Crippen LogP contribution in [0, 0.1) is 29.1 Å². The molecule has 1 spiro atoms. The lowest BCUT2D eigenvalue weighted by Crippen LogP contribution is -2.54. The number of rotatable bonds is 2. The smallest absolute Gasteiger partial charge is 0.311 e. The molecule has 5 aliphatic rings. The Labute approximate surface area is 151 Å². The maximum absolute atomic E-state index is 12.7. The molecular weight excluding hydrogens is 314 g/mol. The van der Waals surface area contributed by atoms with Gasteiger partial charge in [0.05, 0.1) is 12.0 Å². The van der Waals surface area contributed by atoms with Gasteiger partial charge in [0.25, 0.3) is 0 Å². The van der Waals surface area contributed by atoms with Crippen molar-refractivity contribution in [3.05, 3.63) is 0 Å². The number of piperidine rings is 1. The molecule has 0 N–H and O–H groups in total.